The second-order valence-corrected chi connectivity index (χ2v) is 8.50. The van der Waals surface area contributed by atoms with Crippen LogP contribution < -0.4 is 5.56 Å². The van der Waals surface area contributed by atoms with E-state index in [1.807, 2.05) is 30.5 Å². The van der Waals surface area contributed by atoms with Gasteiger partial charge in [-0.1, -0.05) is 28.9 Å². The van der Waals surface area contributed by atoms with Crippen molar-refractivity contribution in [2.24, 2.45) is 0 Å². The average Bonchev–Trinajstić information content (AvgIpc) is 3.42. The minimum Gasteiger partial charge on any atom is -0.418 e. The lowest BCUT2D eigenvalue weighted by Gasteiger charge is -2.20. The molecule has 0 spiro atoms. The number of rotatable bonds is 7. The summed E-state index contributed by atoms with van der Waals surface area (Å²) in [6, 6.07) is 9.10. The number of fused-ring (bicyclic) bond motifs is 1. The summed E-state index contributed by atoms with van der Waals surface area (Å²) in [5, 5.41) is 10.5. The number of aromatic nitrogens is 4. The van der Waals surface area contributed by atoms with Crippen LogP contribution in [0.5, 0.6) is 0 Å². The Morgan fingerprint density at radius 3 is 2.93 bits per heavy atom. The molecule has 0 fully saturated rings. The summed E-state index contributed by atoms with van der Waals surface area (Å²) < 4.78 is 7.81. The molecule has 0 aliphatic carbocycles. The highest BCUT2D eigenvalue weighted by atomic mass is 79.9. The van der Waals surface area contributed by atoms with Crippen LogP contribution in [0.25, 0.3) is 21.7 Å². The van der Waals surface area contributed by atoms with Crippen molar-refractivity contribution in [3.63, 3.8) is 0 Å². The van der Waals surface area contributed by atoms with E-state index in [4.69, 9.17) is 4.42 Å². The van der Waals surface area contributed by atoms with Crippen molar-refractivity contribution in [2.75, 3.05) is 6.54 Å². The molecule has 4 rings (SSSR count). The van der Waals surface area contributed by atoms with E-state index in [1.165, 1.54) is 22.2 Å². The van der Waals surface area contributed by atoms with E-state index in [0.29, 0.717) is 29.2 Å². The summed E-state index contributed by atoms with van der Waals surface area (Å²) in [4.78, 5) is 32.5. The van der Waals surface area contributed by atoms with Crippen molar-refractivity contribution in [1.29, 1.82) is 0 Å². The number of carbonyl (C=O) groups excluding carboxylic acids is 1. The predicted octanol–water partition coefficient (Wildman–Crippen LogP) is 3.71. The zero-order valence-electron chi connectivity index (χ0n) is 16.1. The Balaban J connectivity index is 1.53. The molecule has 8 nitrogen and oxygen atoms in total. The molecule has 0 atom stereocenters. The average molecular weight is 488 g/mol. The molecule has 0 radical (unpaired) electrons. The lowest BCUT2D eigenvalue weighted by atomic mass is 10.2. The van der Waals surface area contributed by atoms with Gasteiger partial charge in [0.25, 0.3) is 11.4 Å². The summed E-state index contributed by atoms with van der Waals surface area (Å²) in [5.74, 6) is 0.573. The van der Waals surface area contributed by atoms with Crippen LogP contribution in [0.1, 0.15) is 19.2 Å². The van der Waals surface area contributed by atoms with Crippen molar-refractivity contribution >= 4 is 44.1 Å². The van der Waals surface area contributed by atoms with Crippen LogP contribution >= 0.6 is 27.3 Å². The quantitative estimate of drug-likeness (QED) is 0.394. The SMILES string of the molecule is CCCN(Cc1nnc(-c2cccs2)o1)C(=O)Cn1cnc2ccc(Br)cc2c1=O. The number of nitrogens with zero attached hydrogens (tertiary/aromatic N) is 5. The fourth-order valence-electron chi connectivity index (χ4n) is 3.03. The Hall–Kier alpha value is -2.85. The highest BCUT2D eigenvalue weighted by Crippen LogP contribution is 2.23. The van der Waals surface area contributed by atoms with Crippen LogP contribution in [0.4, 0.5) is 0 Å². The third kappa shape index (κ3) is 4.34. The molecule has 1 aromatic carbocycles. The van der Waals surface area contributed by atoms with Gasteiger partial charge in [-0.2, -0.15) is 0 Å². The number of thiophene rings is 1. The first-order valence-electron chi connectivity index (χ1n) is 9.34. The van der Waals surface area contributed by atoms with E-state index in [0.717, 1.165) is 15.8 Å². The summed E-state index contributed by atoms with van der Waals surface area (Å²) in [6.07, 6.45) is 2.16. The van der Waals surface area contributed by atoms with Gasteiger partial charge in [0.15, 0.2) is 0 Å². The largest absolute Gasteiger partial charge is 0.418 e. The summed E-state index contributed by atoms with van der Waals surface area (Å²) in [5.41, 5.74) is 0.327. The third-order valence-electron chi connectivity index (χ3n) is 4.46. The van der Waals surface area contributed by atoms with Crippen LogP contribution in [0, 0.1) is 0 Å². The summed E-state index contributed by atoms with van der Waals surface area (Å²) in [6.45, 7) is 2.57. The van der Waals surface area contributed by atoms with Gasteiger partial charge in [-0.3, -0.25) is 14.2 Å². The molecule has 0 saturated heterocycles. The van der Waals surface area contributed by atoms with Crippen molar-refractivity contribution in [3.8, 4) is 10.8 Å². The molecule has 0 N–H and O–H groups in total. The van der Waals surface area contributed by atoms with Gasteiger partial charge in [-0.15, -0.1) is 21.5 Å². The predicted molar refractivity (Wildman–Crippen MR) is 117 cm³/mol. The van der Waals surface area contributed by atoms with Gasteiger partial charge >= 0.3 is 0 Å². The monoisotopic (exact) mass is 487 g/mol. The normalized spacial score (nSPS) is 11.1. The van der Waals surface area contributed by atoms with E-state index in [1.54, 1.807) is 17.0 Å². The molecule has 1 amide bonds. The van der Waals surface area contributed by atoms with Gasteiger partial charge < -0.3 is 9.32 Å². The minimum atomic E-state index is -0.260. The molecule has 0 saturated carbocycles. The molecule has 154 valence electrons. The van der Waals surface area contributed by atoms with E-state index in [-0.39, 0.29) is 24.6 Å². The topological polar surface area (TPSA) is 94.1 Å². The number of hydrogen-bond acceptors (Lipinski definition) is 7. The number of carbonyl (C=O) groups is 1. The first kappa shape index (κ1) is 20.4. The number of halogens is 1. The zero-order valence-corrected chi connectivity index (χ0v) is 18.5. The summed E-state index contributed by atoms with van der Waals surface area (Å²) >= 11 is 4.87. The standard InChI is InChI=1S/C20H18BrN5O3S/c1-2-7-25(10-17-23-24-19(29-17)16-4-3-8-30-16)18(27)11-26-12-22-15-6-5-13(21)9-14(15)20(26)28/h3-6,8-9,12H,2,7,10-11H2,1H3. The fourth-order valence-corrected chi connectivity index (χ4v) is 4.04. The maximum atomic E-state index is 12.9. The molecular formula is C20H18BrN5O3S. The molecule has 0 bridgehead atoms. The van der Waals surface area contributed by atoms with Crippen LogP contribution in [0.3, 0.4) is 0 Å². The van der Waals surface area contributed by atoms with E-state index in [2.05, 4.69) is 31.1 Å². The minimum absolute atomic E-state index is 0.111. The van der Waals surface area contributed by atoms with Gasteiger partial charge in [0.05, 0.1) is 28.7 Å². The van der Waals surface area contributed by atoms with Gasteiger partial charge in [0, 0.05) is 11.0 Å². The second-order valence-electron chi connectivity index (χ2n) is 6.63. The van der Waals surface area contributed by atoms with E-state index < -0.39 is 0 Å². The smallest absolute Gasteiger partial charge is 0.261 e. The van der Waals surface area contributed by atoms with Gasteiger partial charge in [-0.25, -0.2) is 4.98 Å². The molecule has 3 heterocycles. The third-order valence-corrected chi connectivity index (χ3v) is 5.81. The van der Waals surface area contributed by atoms with Crippen LogP contribution in [-0.4, -0.2) is 37.1 Å². The Kier molecular flexibility index (Phi) is 6.05. The Bertz CT molecular complexity index is 1230. The van der Waals surface area contributed by atoms with Crippen molar-refractivity contribution in [3.05, 3.63) is 62.8 Å². The van der Waals surface area contributed by atoms with Crippen molar-refractivity contribution < 1.29 is 9.21 Å². The first-order chi connectivity index (χ1) is 14.5. The number of amides is 1. The Morgan fingerprint density at radius 2 is 2.17 bits per heavy atom. The molecule has 30 heavy (non-hydrogen) atoms. The fraction of sp³-hybridized carbons (Fsp3) is 0.250. The molecule has 0 unspecified atom stereocenters. The Morgan fingerprint density at radius 1 is 1.30 bits per heavy atom. The highest BCUT2D eigenvalue weighted by Gasteiger charge is 2.19. The van der Waals surface area contributed by atoms with Gasteiger partial charge in [-0.05, 0) is 36.1 Å². The zero-order chi connectivity index (χ0) is 21.1. The first-order valence-corrected chi connectivity index (χ1v) is 11.0. The van der Waals surface area contributed by atoms with Crippen molar-refractivity contribution in [2.45, 2.75) is 26.4 Å². The van der Waals surface area contributed by atoms with Crippen LogP contribution in [0.2, 0.25) is 0 Å². The van der Waals surface area contributed by atoms with E-state index >= 15 is 0 Å². The molecule has 0 aliphatic heterocycles. The maximum Gasteiger partial charge on any atom is 0.261 e. The van der Waals surface area contributed by atoms with E-state index in [9.17, 15) is 9.59 Å². The molecule has 0 aliphatic rings. The Labute approximate surface area is 184 Å². The lowest BCUT2D eigenvalue weighted by Crippen LogP contribution is -2.36. The second kappa shape index (κ2) is 8.88. The lowest BCUT2D eigenvalue weighted by molar-refractivity contribution is -0.132. The van der Waals surface area contributed by atoms with Gasteiger partial charge in [0.2, 0.25) is 11.8 Å². The van der Waals surface area contributed by atoms with Crippen molar-refractivity contribution in [1.82, 2.24) is 24.6 Å². The number of hydrogen-bond donors (Lipinski definition) is 0. The van der Waals surface area contributed by atoms with Crippen LogP contribution in [0.15, 0.2) is 55.7 Å². The molecular weight excluding hydrogens is 470 g/mol. The summed E-state index contributed by atoms with van der Waals surface area (Å²) in [7, 11) is 0. The maximum absolute atomic E-state index is 12.9. The molecule has 3 aromatic heterocycles. The highest BCUT2D eigenvalue weighted by molar-refractivity contribution is 9.10. The van der Waals surface area contributed by atoms with Crippen LogP contribution in [-0.2, 0) is 17.9 Å². The molecule has 10 heteroatoms. The molecule has 4 aromatic rings. The number of benzene rings is 1. The van der Waals surface area contributed by atoms with Gasteiger partial charge in [0.1, 0.15) is 6.54 Å².